The number of ether oxygens (including phenoxy) is 1. The summed E-state index contributed by atoms with van der Waals surface area (Å²) in [6.07, 6.45) is 0. The highest BCUT2D eigenvalue weighted by Gasteiger charge is 2.23. The van der Waals surface area contributed by atoms with Gasteiger partial charge in [0.25, 0.3) is 0 Å². The summed E-state index contributed by atoms with van der Waals surface area (Å²) >= 11 is 0. The van der Waals surface area contributed by atoms with E-state index >= 15 is 0 Å². The number of nitrogens with one attached hydrogen (secondary N) is 1. The molecule has 104 valence electrons. The van der Waals surface area contributed by atoms with Gasteiger partial charge in [-0.25, -0.2) is 9.48 Å². The van der Waals surface area contributed by atoms with Crippen LogP contribution in [0.4, 0.5) is 11.5 Å². The van der Waals surface area contributed by atoms with Gasteiger partial charge in [-0.2, -0.15) is 0 Å². The lowest BCUT2D eigenvalue weighted by Gasteiger charge is -2.04. The molecule has 0 radical (unpaired) electrons. The first-order valence-corrected chi connectivity index (χ1v) is 6.05. The normalized spacial score (nSPS) is 10.2. The number of anilines is 2. The van der Waals surface area contributed by atoms with E-state index in [-0.39, 0.29) is 11.5 Å². The first kappa shape index (κ1) is 13.8. The third kappa shape index (κ3) is 2.54. The summed E-state index contributed by atoms with van der Waals surface area (Å²) in [5.41, 5.74) is 1.47. The number of nitrogens with zero attached hydrogens (tertiary/aromatic N) is 2. The molecule has 0 saturated carbocycles. The molecule has 0 atom stereocenters. The molecule has 1 aromatic carbocycles. The van der Waals surface area contributed by atoms with Gasteiger partial charge in [-0.3, -0.25) is 4.79 Å². The van der Waals surface area contributed by atoms with Crippen LogP contribution < -0.4 is 5.32 Å². The second-order valence-electron chi connectivity index (χ2n) is 4.22. The van der Waals surface area contributed by atoms with Crippen molar-refractivity contribution in [3.05, 3.63) is 41.6 Å². The van der Waals surface area contributed by atoms with Crippen LogP contribution in [0.25, 0.3) is 0 Å². The van der Waals surface area contributed by atoms with E-state index in [9.17, 15) is 9.59 Å². The Hall–Kier alpha value is -2.63. The summed E-state index contributed by atoms with van der Waals surface area (Å²) in [5.74, 6) is -0.502. The van der Waals surface area contributed by atoms with Gasteiger partial charge in [0.05, 0.1) is 12.8 Å². The van der Waals surface area contributed by atoms with Crippen LogP contribution in [0.3, 0.4) is 0 Å². The number of esters is 1. The SMILES string of the molecule is COC(=O)c1c(Nc2ccccc2)nn(C(C)=O)c1C. The summed E-state index contributed by atoms with van der Waals surface area (Å²) in [6, 6.07) is 9.27. The van der Waals surface area contributed by atoms with Crippen LogP contribution in [0, 0.1) is 6.92 Å². The minimum atomic E-state index is -0.534. The van der Waals surface area contributed by atoms with Crippen molar-refractivity contribution < 1.29 is 14.3 Å². The van der Waals surface area contributed by atoms with E-state index in [1.807, 2.05) is 30.3 Å². The Bertz CT molecular complexity index is 647. The molecular weight excluding hydrogens is 258 g/mol. The third-order valence-corrected chi connectivity index (χ3v) is 2.84. The molecule has 6 heteroatoms. The second-order valence-corrected chi connectivity index (χ2v) is 4.22. The topological polar surface area (TPSA) is 73.2 Å². The number of para-hydroxylation sites is 1. The van der Waals surface area contributed by atoms with Crippen molar-refractivity contribution in [3.8, 4) is 0 Å². The largest absolute Gasteiger partial charge is 0.465 e. The molecule has 20 heavy (non-hydrogen) atoms. The Morgan fingerprint density at radius 1 is 1.25 bits per heavy atom. The number of carbonyl (C=O) groups is 2. The predicted octanol–water partition coefficient (Wildman–Crippen LogP) is 2.38. The molecule has 0 bridgehead atoms. The monoisotopic (exact) mass is 273 g/mol. The van der Waals surface area contributed by atoms with Crippen LogP contribution in [-0.2, 0) is 4.74 Å². The average molecular weight is 273 g/mol. The van der Waals surface area contributed by atoms with Crippen LogP contribution in [0.15, 0.2) is 30.3 Å². The zero-order valence-corrected chi connectivity index (χ0v) is 11.5. The Labute approximate surface area is 116 Å². The lowest BCUT2D eigenvalue weighted by molar-refractivity contribution is 0.0601. The Kier molecular flexibility index (Phi) is 3.84. The van der Waals surface area contributed by atoms with E-state index in [0.717, 1.165) is 5.69 Å². The quantitative estimate of drug-likeness (QED) is 0.869. The second kappa shape index (κ2) is 5.56. The van der Waals surface area contributed by atoms with Crippen molar-refractivity contribution in [1.82, 2.24) is 9.78 Å². The number of carbonyl (C=O) groups excluding carboxylic acids is 2. The molecule has 0 saturated heterocycles. The van der Waals surface area contributed by atoms with Gasteiger partial charge in [-0.1, -0.05) is 18.2 Å². The molecule has 0 unspecified atom stereocenters. The molecule has 0 fully saturated rings. The number of aromatic nitrogens is 2. The molecule has 0 aliphatic carbocycles. The summed E-state index contributed by atoms with van der Waals surface area (Å²) in [5, 5.41) is 7.15. The number of rotatable bonds is 3. The molecule has 1 heterocycles. The van der Waals surface area contributed by atoms with Crippen molar-refractivity contribution >= 4 is 23.4 Å². The average Bonchev–Trinajstić information content (AvgIpc) is 2.76. The molecule has 6 nitrogen and oxygen atoms in total. The lowest BCUT2D eigenvalue weighted by Crippen LogP contribution is -2.11. The van der Waals surface area contributed by atoms with E-state index in [1.165, 1.54) is 18.7 Å². The molecule has 2 aromatic rings. The van der Waals surface area contributed by atoms with Crippen molar-refractivity contribution in [2.24, 2.45) is 0 Å². The summed E-state index contributed by atoms with van der Waals surface area (Å²) in [4.78, 5) is 23.4. The molecule has 0 amide bonds. The number of methoxy groups -OCH3 is 1. The number of hydrogen-bond acceptors (Lipinski definition) is 5. The third-order valence-electron chi connectivity index (χ3n) is 2.84. The zero-order chi connectivity index (χ0) is 14.7. The van der Waals surface area contributed by atoms with E-state index in [0.29, 0.717) is 11.5 Å². The maximum absolute atomic E-state index is 11.9. The van der Waals surface area contributed by atoms with Crippen LogP contribution in [0.2, 0.25) is 0 Å². The van der Waals surface area contributed by atoms with Gasteiger partial charge in [-0.05, 0) is 19.1 Å². The number of hydrogen-bond donors (Lipinski definition) is 1. The molecule has 2 rings (SSSR count). The standard InChI is InChI=1S/C14H15N3O3/c1-9-12(14(19)20-3)13(16-17(9)10(2)18)15-11-7-5-4-6-8-11/h4-8H,1-3H3,(H,15,16). The fraction of sp³-hybridized carbons (Fsp3) is 0.214. The van der Waals surface area contributed by atoms with Crippen LogP contribution in [0.5, 0.6) is 0 Å². The van der Waals surface area contributed by atoms with Crippen LogP contribution >= 0.6 is 0 Å². The predicted molar refractivity (Wildman–Crippen MR) is 74.3 cm³/mol. The van der Waals surface area contributed by atoms with Crippen LogP contribution in [0.1, 0.15) is 27.8 Å². The molecule has 1 aromatic heterocycles. The Morgan fingerprint density at radius 3 is 2.45 bits per heavy atom. The van der Waals surface area contributed by atoms with Gasteiger partial charge < -0.3 is 10.1 Å². The van der Waals surface area contributed by atoms with Crippen molar-refractivity contribution in [3.63, 3.8) is 0 Å². The molecule has 0 spiro atoms. The summed E-state index contributed by atoms with van der Waals surface area (Å²) < 4.78 is 5.92. The fourth-order valence-electron chi connectivity index (χ4n) is 1.90. The van der Waals surface area contributed by atoms with E-state index < -0.39 is 5.97 Å². The van der Waals surface area contributed by atoms with Crippen molar-refractivity contribution in [1.29, 1.82) is 0 Å². The van der Waals surface area contributed by atoms with E-state index in [4.69, 9.17) is 4.74 Å². The van der Waals surface area contributed by atoms with Gasteiger partial charge in [0.1, 0.15) is 5.56 Å². The smallest absolute Gasteiger partial charge is 0.343 e. The summed E-state index contributed by atoms with van der Waals surface area (Å²) in [7, 11) is 1.29. The van der Waals surface area contributed by atoms with Crippen molar-refractivity contribution in [2.75, 3.05) is 12.4 Å². The molecule has 1 N–H and O–H groups in total. The maximum Gasteiger partial charge on any atom is 0.343 e. The molecule has 0 aliphatic heterocycles. The number of benzene rings is 1. The highest BCUT2D eigenvalue weighted by molar-refractivity contribution is 5.98. The van der Waals surface area contributed by atoms with Gasteiger partial charge in [0.15, 0.2) is 5.82 Å². The van der Waals surface area contributed by atoms with Gasteiger partial charge in [0, 0.05) is 12.6 Å². The molecule has 0 aliphatic rings. The minimum Gasteiger partial charge on any atom is -0.465 e. The minimum absolute atomic E-state index is 0.256. The first-order valence-electron chi connectivity index (χ1n) is 6.05. The Balaban J connectivity index is 2.48. The van der Waals surface area contributed by atoms with Crippen molar-refractivity contribution in [2.45, 2.75) is 13.8 Å². The lowest BCUT2D eigenvalue weighted by atomic mass is 10.2. The van der Waals surface area contributed by atoms with Gasteiger partial charge in [0.2, 0.25) is 5.91 Å². The summed E-state index contributed by atoms with van der Waals surface area (Å²) in [6.45, 7) is 3.03. The van der Waals surface area contributed by atoms with Crippen LogP contribution in [-0.4, -0.2) is 28.8 Å². The zero-order valence-electron chi connectivity index (χ0n) is 11.5. The Morgan fingerprint density at radius 2 is 1.90 bits per heavy atom. The highest BCUT2D eigenvalue weighted by atomic mass is 16.5. The van der Waals surface area contributed by atoms with E-state index in [2.05, 4.69) is 10.4 Å². The van der Waals surface area contributed by atoms with Gasteiger partial charge in [-0.15, -0.1) is 5.10 Å². The van der Waals surface area contributed by atoms with E-state index in [1.54, 1.807) is 6.92 Å². The fourth-order valence-corrected chi connectivity index (χ4v) is 1.90. The molecular formula is C14H15N3O3. The maximum atomic E-state index is 11.9. The van der Waals surface area contributed by atoms with Gasteiger partial charge >= 0.3 is 5.97 Å². The highest BCUT2D eigenvalue weighted by Crippen LogP contribution is 2.23. The first-order chi connectivity index (χ1) is 9.54.